The van der Waals surface area contributed by atoms with Crippen molar-refractivity contribution in [2.24, 2.45) is 0 Å². The second-order valence-electron chi connectivity index (χ2n) is 4.06. The van der Waals surface area contributed by atoms with Gasteiger partial charge in [-0.3, -0.25) is 9.59 Å². The average Bonchev–Trinajstić information content (AvgIpc) is 2.46. The van der Waals surface area contributed by atoms with Gasteiger partial charge in [0, 0.05) is 6.54 Å². The SMILES string of the molecule is C=CCNC(=O)[C@H](C#N)c1nc2ccccc2[nH]c1=O. The molecule has 0 aliphatic heterocycles. The zero-order chi connectivity index (χ0) is 14.5. The molecule has 6 nitrogen and oxygen atoms in total. The molecule has 0 aliphatic carbocycles. The number of fused-ring (bicyclic) bond motifs is 1. The molecule has 0 aliphatic rings. The van der Waals surface area contributed by atoms with Gasteiger partial charge in [-0.05, 0) is 12.1 Å². The highest BCUT2D eigenvalue weighted by Crippen LogP contribution is 2.12. The average molecular weight is 268 g/mol. The minimum Gasteiger partial charge on any atom is -0.351 e. The van der Waals surface area contributed by atoms with Gasteiger partial charge in [-0.25, -0.2) is 4.98 Å². The topological polar surface area (TPSA) is 98.6 Å². The minimum atomic E-state index is -1.25. The lowest BCUT2D eigenvalue weighted by atomic mass is 10.1. The number of para-hydroxylation sites is 2. The summed E-state index contributed by atoms with van der Waals surface area (Å²) >= 11 is 0. The number of nitrogens with zero attached hydrogens (tertiary/aromatic N) is 2. The van der Waals surface area contributed by atoms with E-state index in [-0.39, 0.29) is 12.2 Å². The Hall–Kier alpha value is -2.94. The number of carbonyl (C=O) groups is 1. The van der Waals surface area contributed by atoms with E-state index in [0.29, 0.717) is 11.0 Å². The first-order valence-electron chi connectivity index (χ1n) is 5.94. The summed E-state index contributed by atoms with van der Waals surface area (Å²) in [4.78, 5) is 30.5. The van der Waals surface area contributed by atoms with Crippen LogP contribution in [0.4, 0.5) is 0 Å². The summed E-state index contributed by atoms with van der Waals surface area (Å²) in [5.74, 6) is -1.82. The zero-order valence-electron chi connectivity index (χ0n) is 10.6. The van der Waals surface area contributed by atoms with Crippen LogP contribution in [-0.2, 0) is 4.79 Å². The molecule has 20 heavy (non-hydrogen) atoms. The highest BCUT2D eigenvalue weighted by atomic mass is 16.2. The van der Waals surface area contributed by atoms with Crippen LogP contribution in [0.3, 0.4) is 0 Å². The Morgan fingerprint density at radius 3 is 3.00 bits per heavy atom. The fourth-order valence-corrected chi connectivity index (χ4v) is 1.76. The molecule has 0 fully saturated rings. The Kier molecular flexibility index (Phi) is 3.91. The van der Waals surface area contributed by atoms with Gasteiger partial charge < -0.3 is 10.3 Å². The van der Waals surface area contributed by atoms with Crippen molar-refractivity contribution >= 4 is 16.9 Å². The van der Waals surface area contributed by atoms with Crippen molar-refractivity contribution in [3.05, 3.63) is 53.0 Å². The van der Waals surface area contributed by atoms with Crippen LogP contribution in [0.15, 0.2) is 41.7 Å². The molecule has 1 aromatic carbocycles. The van der Waals surface area contributed by atoms with Gasteiger partial charge in [0.1, 0.15) is 5.69 Å². The second kappa shape index (κ2) is 5.80. The van der Waals surface area contributed by atoms with Crippen LogP contribution in [0.1, 0.15) is 11.6 Å². The number of H-pyrrole nitrogens is 1. The van der Waals surface area contributed by atoms with Crippen molar-refractivity contribution < 1.29 is 4.79 Å². The van der Waals surface area contributed by atoms with Crippen LogP contribution in [0.5, 0.6) is 0 Å². The Morgan fingerprint density at radius 2 is 2.30 bits per heavy atom. The van der Waals surface area contributed by atoms with E-state index < -0.39 is 17.4 Å². The summed E-state index contributed by atoms with van der Waals surface area (Å²) in [5, 5.41) is 11.6. The third-order valence-electron chi connectivity index (χ3n) is 2.71. The van der Waals surface area contributed by atoms with E-state index in [2.05, 4.69) is 21.9 Å². The molecule has 0 spiro atoms. The van der Waals surface area contributed by atoms with Crippen LogP contribution in [0.2, 0.25) is 0 Å². The highest BCUT2D eigenvalue weighted by Gasteiger charge is 2.24. The molecule has 0 unspecified atom stereocenters. The van der Waals surface area contributed by atoms with Crippen LogP contribution in [0.25, 0.3) is 11.0 Å². The molecular weight excluding hydrogens is 256 g/mol. The number of hydrogen-bond acceptors (Lipinski definition) is 4. The third-order valence-corrected chi connectivity index (χ3v) is 2.71. The van der Waals surface area contributed by atoms with Gasteiger partial charge in [-0.1, -0.05) is 18.2 Å². The van der Waals surface area contributed by atoms with Gasteiger partial charge >= 0.3 is 0 Å². The fourth-order valence-electron chi connectivity index (χ4n) is 1.76. The predicted molar refractivity (Wildman–Crippen MR) is 73.9 cm³/mol. The van der Waals surface area contributed by atoms with Crippen molar-refractivity contribution in [1.29, 1.82) is 5.26 Å². The largest absolute Gasteiger partial charge is 0.351 e. The molecule has 2 N–H and O–H groups in total. The van der Waals surface area contributed by atoms with E-state index in [1.54, 1.807) is 30.3 Å². The van der Waals surface area contributed by atoms with E-state index >= 15 is 0 Å². The van der Waals surface area contributed by atoms with Crippen molar-refractivity contribution in [3.63, 3.8) is 0 Å². The number of nitrogens with one attached hydrogen (secondary N) is 2. The van der Waals surface area contributed by atoms with Crippen molar-refractivity contribution in [2.75, 3.05) is 6.54 Å². The van der Waals surface area contributed by atoms with Crippen LogP contribution < -0.4 is 10.9 Å². The summed E-state index contributed by atoms with van der Waals surface area (Å²) in [6.45, 7) is 3.69. The maximum absolute atomic E-state index is 11.9. The van der Waals surface area contributed by atoms with Gasteiger partial charge in [-0.15, -0.1) is 6.58 Å². The molecular formula is C14H12N4O2. The molecule has 2 aromatic rings. The Bertz CT molecular complexity index is 758. The van der Waals surface area contributed by atoms with Crippen LogP contribution >= 0.6 is 0 Å². The van der Waals surface area contributed by atoms with E-state index in [4.69, 9.17) is 5.26 Å². The van der Waals surface area contributed by atoms with Gasteiger partial charge in [0.15, 0.2) is 5.92 Å². The monoisotopic (exact) mass is 268 g/mol. The third kappa shape index (κ3) is 2.57. The fraction of sp³-hybridized carbons (Fsp3) is 0.143. The minimum absolute atomic E-state index is 0.104. The summed E-state index contributed by atoms with van der Waals surface area (Å²) in [6, 6.07) is 8.73. The first-order chi connectivity index (χ1) is 9.67. The Morgan fingerprint density at radius 1 is 1.55 bits per heavy atom. The smallest absolute Gasteiger partial charge is 0.272 e. The molecule has 2 rings (SSSR count). The summed E-state index contributed by atoms with van der Waals surface area (Å²) in [7, 11) is 0. The number of benzene rings is 1. The number of rotatable bonds is 4. The van der Waals surface area contributed by atoms with E-state index in [1.807, 2.05) is 0 Å². The van der Waals surface area contributed by atoms with Crippen molar-refractivity contribution in [3.8, 4) is 6.07 Å². The predicted octanol–water partition coefficient (Wildman–Crippen LogP) is 0.832. The molecule has 0 radical (unpaired) electrons. The van der Waals surface area contributed by atoms with E-state index in [0.717, 1.165) is 0 Å². The van der Waals surface area contributed by atoms with E-state index in [1.165, 1.54) is 6.08 Å². The maximum atomic E-state index is 11.9. The van der Waals surface area contributed by atoms with E-state index in [9.17, 15) is 9.59 Å². The molecule has 0 saturated heterocycles. The summed E-state index contributed by atoms with van der Waals surface area (Å²) in [5.41, 5.74) is 0.445. The number of carbonyl (C=O) groups excluding carboxylic acids is 1. The lowest BCUT2D eigenvalue weighted by Crippen LogP contribution is -2.32. The number of hydrogen-bond donors (Lipinski definition) is 2. The van der Waals surface area contributed by atoms with Crippen LogP contribution in [0, 0.1) is 11.3 Å². The standard InChI is InChI=1S/C14H12N4O2/c1-2-7-16-13(19)9(8-15)12-14(20)18-11-6-4-3-5-10(11)17-12/h2-6,9H,1,7H2,(H,16,19)(H,18,20)/t9-/m1/s1. The first kappa shape index (κ1) is 13.5. The number of aromatic amines is 1. The molecule has 6 heteroatoms. The Balaban J connectivity index is 2.47. The van der Waals surface area contributed by atoms with Gasteiger partial charge in [0.2, 0.25) is 5.91 Å². The molecule has 1 amide bonds. The molecule has 0 saturated carbocycles. The number of nitriles is 1. The van der Waals surface area contributed by atoms with Gasteiger partial charge in [-0.2, -0.15) is 5.26 Å². The first-order valence-corrected chi connectivity index (χ1v) is 5.94. The molecule has 1 heterocycles. The highest BCUT2D eigenvalue weighted by molar-refractivity contribution is 5.86. The molecule has 1 atom stereocenters. The van der Waals surface area contributed by atoms with Gasteiger partial charge in [0.25, 0.3) is 5.56 Å². The zero-order valence-corrected chi connectivity index (χ0v) is 10.6. The maximum Gasteiger partial charge on any atom is 0.272 e. The normalized spacial score (nSPS) is 11.6. The van der Waals surface area contributed by atoms with Gasteiger partial charge in [0.05, 0.1) is 17.1 Å². The summed E-state index contributed by atoms with van der Waals surface area (Å²) < 4.78 is 0. The molecule has 100 valence electrons. The molecule has 1 aromatic heterocycles. The number of amides is 1. The quantitative estimate of drug-likeness (QED) is 0.802. The molecule has 0 bridgehead atoms. The van der Waals surface area contributed by atoms with Crippen molar-refractivity contribution in [2.45, 2.75) is 5.92 Å². The van der Waals surface area contributed by atoms with Crippen molar-refractivity contribution in [1.82, 2.24) is 15.3 Å². The number of aromatic nitrogens is 2. The van der Waals surface area contributed by atoms with Crippen LogP contribution in [-0.4, -0.2) is 22.4 Å². The Labute approximate surface area is 114 Å². The lowest BCUT2D eigenvalue weighted by molar-refractivity contribution is -0.121. The second-order valence-corrected chi connectivity index (χ2v) is 4.06. The summed E-state index contributed by atoms with van der Waals surface area (Å²) in [6.07, 6.45) is 1.49. The lowest BCUT2D eigenvalue weighted by Gasteiger charge is -2.08.